The van der Waals surface area contributed by atoms with Crippen LogP contribution < -0.4 is 10.5 Å². The van der Waals surface area contributed by atoms with Crippen LogP contribution in [0.4, 0.5) is 0 Å². The van der Waals surface area contributed by atoms with Crippen LogP contribution in [0.2, 0.25) is 0 Å². The molecule has 0 bridgehead atoms. The van der Waals surface area contributed by atoms with Crippen LogP contribution in [0.1, 0.15) is 18.4 Å². The van der Waals surface area contributed by atoms with Crippen molar-refractivity contribution in [3.8, 4) is 0 Å². The molecular formula is C11H17BrN2O2S. The molecule has 0 aliphatic rings. The van der Waals surface area contributed by atoms with Crippen LogP contribution in [0.15, 0.2) is 28.7 Å². The van der Waals surface area contributed by atoms with E-state index in [4.69, 9.17) is 5.73 Å². The highest BCUT2D eigenvalue weighted by molar-refractivity contribution is 9.10. The zero-order valence-corrected chi connectivity index (χ0v) is 11.9. The topological polar surface area (TPSA) is 72.2 Å². The van der Waals surface area contributed by atoms with Crippen molar-refractivity contribution in [1.82, 2.24) is 4.72 Å². The Morgan fingerprint density at radius 1 is 1.24 bits per heavy atom. The van der Waals surface area contributed by atoms with Crippen molar-refractivity contribution in [1.29, 1.82) is 0 Å². The van der Waals surface area contributed by atoms with Crippen molar-refractivity contribution < 1.29 is 8.42 Å². The summed E-state index contributed by atoms with van der Waals surface area (Å²) in [6, 6.07) is 7.54. The molecule has 1 aromatic rings. The zero-order chi connectivity index (χ0) is 12.7. The van der Waals surface area contributed by atoms with Crippen molar-refractivity contribution in [2.24, 2.45) is 5.73 Å². The molecule has 0 heterocycles. The van der Waals surface area contributed by atoms with Gasteiger partial charge in [-0.05, 0) is 31.0 Å². The normalized spacial score (nSPS) is 11.6. The predicted molar refractivity (Wildman–Crippen MR) is 73.1 cm³/mol. The first-order chi connectivity index (χ1) is 8.05. The van der Waals surface area contributed by atoms with E-state index in [1.54, 1.807) is 0 Å². The number of benzene rings is 1. The third kappa shape index (κ3) is 5.63. The number of nitrogens with two attached hydrogens (primary N) is 1. The first-order valence-corrected chi connectivity index (χ1v) is 7.90. The molecule has 1 aromatic carbocycles. The standard InChI is InChI=1S/C11H17BrN2O2S/c12-11-6-2-1-5-10(11)9-14-17(15,16)8-4-3-7-13/h1-2,5-6,14H,3-4,7-9,13H2. The number of unbranched alkanes of at least 4 members (excludes halogenated alkanes) is 1. The summed E-state index contributed by atoms with van der Waals surface area (Å²) < 4.78 is 26.7. The lowest BCUT2D eigenvalue weighted by Crippen LogP contribution is -2.26. The Balaban J connectivity index is 2.47. The fourth-order valence-corrected chi connectivity index (χ4v) is 2.87. The molecule has 0 aliphatic heterocycles. The van der Waals surface area contributed by atoms with E-state index in [0.717, 1.165) is 16.5 Å². The molecule has 0 amide bonds. The lowest BCUT2D eigenvalue weighted by Gasteiger charge is -2.07. The predicted octanol–water partition coefficient (Wildman–Crippen LogP) is 1.61. The minimum absolute atomic E-state index is 0.134. The number of nitrogens with one attached hydrogen (secondary N) is 1. The number of hydrogen-bond acceptors (Lipinski definition) is 3. The van der Waals surface area contributed by atoms with E-state index in [1.807, 2.05) is 24.3 Å². The zero-order valence-electron chi connectivity index (χ0n) is 9.52. The molecule has 0 atom stereocenters. The smallest absolute Gasteiger partial charge is 0.211 e. The van der Waals surface area contributed by atoms with Gasteiger partial charge in [0.05, 0.1) is 5.75 Å². The van der Waals surface area contributed by atoms with Crippen LogP contribution in [0.25, 0.3) is 0 Å². The van der Waals surface area contributed by atoms with Gasteiger partial charge in [0.15, 0.2) is 0 Å². The molecule has 0 unspecified atom stereocenters. The minimum Gasteiger partial charge on any atom is -0.330 e. The van der Waals surface area contributed by atoms with E-state index in [9.17, 15) is 8.42 Å². The second-order valence-corrected chi connectivity index (χ2v) is 6.51. The molecule has 17 heavy (non-hydrogen) atoms. The van der Waals surface area contributed by atoms with Crippen LogP contribution in [-0.4, -0.2) is 20.7 Å². The summed E-state index contributed by atoms with van der Waals surface area (Å²) in [7, 11) is -3.20. The molecule has 1 rings (SSSR count). The van der Waals surface area contributed by atoms with Gasteiger partial charge >= 0.3 is 0 Å². The summed E-state index contributed by atoms with van der Waals surface area (Å²) in [6.45, 7) is 0.839. The third-order valence-corrected chi connectivity index (χ3v) is 4.49. The maximum absolute atomic E-state index is 11.6. The SMILES string of the molecule is NCCCCS(=O)(=O)NCc1ccccc1Br. The number of sulfonamides is 1. The van der Waals surface area contributed by atoms with Crippen molar-refractivity contribution in [3.63, 3.8) is 0 Å². The summed E-state index contributed by atoms with van der Waals surface area (Å²) >= 11 is 3.38. The maximum Gasteiger partial charge on any atom is 0.211 e. The molecule has 0 aliphatic carbocycles. The van der Waals surface area contributed by atoms with Crippen LogP contribution in [-0.2, 0) is 16.6 Å². The quantitative estimate of drug-likeness (QED) is 0.750. The largest absolute Gasteiger partial charge is 0.330 e. The van der Waals surface area contributed by atoms with Crippen molar-refractivity contribution in [2.75, 3.05) is 12.3 Å². The first-order valence-electron chi connectivity index (χ1n) is 5.46. The Labute approximate surface area is 111 Å². The molecule has 6 heteroatoms. The summed E-state index contributed by atoms with van der Waals surface area (Å²) in [5.74, 6) is 0.134. The van der Waals surface area contributed by atoms with E-state index in [0.29, 0.717) is 19.5 Å². The highest BCUT2D eigenvalue weighted by Gasteiger charge is 2.09. The van der Waals surface area contributed by atoms with Gasteiger partial charge in [0.25, 0.3) is 0 Å². The fraction of sp³-hybridized carbons (Fsp3) is 0.455. The van der Waals surface area contributed by atoms with Gasteiger partial charge < -0.3 is 5.73 Å². The van der Waals surface area contributed by atoms with E-state index < -0.39 is 10.0 Å². The molecule has 0 radical (unpaired) electrons. The van der Waals surface area contributed by atoms with Gasteiger partial charge in [-0.2, -0.15) is 0 Å². The molecule has 0 fully saturated rings. The molecule has 0 aromatic heterocycles. The molecule has 0 saturated carbocycles. The second-order valence-electron chi connectivity index (χ2n) is 3.73. The number of rotatable bonds is 7. The first kappa shape index (κ1) is 14.6. The number of hydrogen-bond donors (Lipinski definition) is 2. The lowest BCUT2D eigenvalue weighted by atomic mass is 10.2. The Kier molecular flexibility index (Phi) is 6.11. The average molecular weight is 321 g/mol. The molecule has 0 spiro atoms. The third-order valence-electron chi connectivity index (χ3n) is 2.31. The van der Waals surface area contributed by atoms with Crippen LogP contribution in [0.3, 0.4) is 0 Å². The van der Waals surface area contributed by atoms with Crippen molar-refractivity contribution >= 4 is 26.0 Å². The monoisotopic (exact) mass is 320 g/mol. The van der Waals surface area contributed by atoms with Gasteiger partial charge in [0.2, 0.25) is 10.0 Å². The number of halogens is 1. The Morgan fingerprint density at radius 3 is 2.59 bits per heavy atom. The van der Waals surface area contributed by atoms with Crippen molar-refractivity contribution in [2.45, 2.75) is 19.4 Å². The van der Waals surface area contributed by atoms with Gasteiger partial charge in [-0.1, -0.05) is 34.1 Å². The summed E-state index contributed by atoms with van der Waals surface area (Å²) in [5, 5.41) is 0. The fourth-order valence-electron chi connectivity index (χ4n) is 1.34. The molecule has 0 saturated heterocycles. The van der Waals surface area contributed by atoms with E-state index in [1.165, 1.54) is 0 Å². The Hall–Kier alpha value is -0.430. The van der Waals surface area contributed by atoms with E-state index in [-0.39, 0.29) is 5.75 Å². The molecule has 96 valence electrons. The lowest BCUT2D eigenvalue weighted by molar-refractivity contribution is 0.577. The van der Waals surface area contributed by atoms with Gasteiger partial charge in [-0.3, -0.25) is 0 Å². The molecular weight excluding hydrogens is 304 g/mol. The highest BCUT2D eigenvalue weighted by atomic mass is 79.9. The summed E-state index contributed by atoms with van der Waals surface area (Å²) in [6.07, 6.45) is 1.33. The van der Waals surface area contributed by atoms with Gasteiger partial charge in [0.1, 0.15) is 0 Å². The molecule has 3 N–H and O–H groups in total. The maximum atomic E-state index is 11.6. The minimum atomic E-state index is -3.20. The Bertz CT molecular complexity index is 449. The van der Waals surface area contributed by atoms with Gasteiger partial charge in [-0.25, -0.2) is 13.1 Å². The molecule has 4 nitrogen and oxygen atoms in total. The van der Waals surface area contributed by atoms with Crippen LogP contribution >= 0.6 is 15.9 Å². The van der Waals surface area contributed by atoms with Crippen molar-refractivity contribution in [3.05, 3.63) is 34.3 Å². The summed E-state index contributed by atoms with van der Waals surface area (Å²) in [4.78, 5) is 0. The highest BCUT2D eigenvalue weighted by Crippen LogP contribution is 2.15. The summed E-state index contributed by atoms with van der Waals surface area (Å²) in [5.41, 5.74) is 6.25. The second kappa shape index (κ2) is 7.10. The van der Waals surface area contributed by atoms with Crippen LogP contribution in [0.5, 0.6) is 0 Å². The van der Waals surface area contributed by atoms with Gasteiger partial charge in [-0.15, -0.1) is 0 Å². The van der Waals surface area contributed by atoms with E-state index >= 15 is 0 Å². The van der Waals surface area contributed by atoms with E-state index in [2.05, 4.69) is 20.7 Å². The van der Waals surface area contributed by atoms with Crippen LogP contribution in [0, 0.1) is 0 Å². The van der Waals surface area contributed by atoms with Gasteiger partial charge in [0, 0.05) is 11.0 Å². The average Bonchev–Trinajstić information content (AvgIpc) is 2.28. The Morgan fingerprint density at radius 2 is 1.94 bits per heavy atom.